The van der Waals surface area contributed by atoms with Crippen LogP contribution in [0, 0.1) is 6.92 Å². The average Bonchev–Trinajstić information content (AvgIpc) is 3.19. The van der Waals surface area contributed by atoms with Gasteiger partial charge in [-0.25, -0.2) is 4.98 Å². The van der Waals surface area contributed by atoms with E-state index in [0.717, 1.165) is 37.6 Å². The predicted molar refractivity (Wildman–Crippen MR) is 101 cm³/mol. The van der Waals surface area contributed by atoms with Crippen molar-refractivity contribution >= 4 is 5.82 Å². The molecule has 26 heavy (non-hydrogen) atoms. The quantitative estimate of drug-likeness (QED) is 0.720. The molecule has 4 rings (SSSR count). The molecule has 0 N–H and O–H groups in total. The van der Waals surface area contributed by atoms with Crippen LogP contribution >= 0.6 is 0 Å². The maximum absolute atomic E-state index is 5.95. The molecule has 0 spiro atoms. The SMILES string of the molecule is Cc1ccc(-c2nnc(C(C)N3CCN(c4ccccn4)CC3)o2)cc1. The standard InChI is InChI=1S/C20H23N5O/c1-15-6-8-17(9-7-15)20-23-22-19(26-20)16(2)24-11-13-25(14-12-24)18-5-3-4-10-21-18/h3-10,16H,11-14H2,1-2H3. The van der Waals surface area contributed by atoms with E-state index in [2.05, 4.69) is 57.0 Å². The molecule has 1 fully saturated rings. The summed E-state index contributed by atoms with van der Waals surface area (Å²) in [6.45, 7) is 7.97. The second-order valence-corrected chi connectivity index (χ2v) is 6.70. The smallest absolute Gasteiger partial charge is 0.247 e. The van der Waals surface area contributed by atoms with Crippen molar-refractivity contribution in [1.82, 2.24) is 20.1 Å². The summed E-state index contributed by atoms with van der Waals surface area (Å²) in [5.41, 5.74) is 2.18. The highest BCUT2D eigenvalue weighted by atomic mass is 16.4. The van der Waals surface area contributed by atoms with Gasteiger partial charge in [-0.15, -0.1) is 10.2 Å². The minimum atomic E-state index is 0.104. The van der Waals surface area contributed by atoms with E-state index in [1.807, 2.05) is 30.5 Å². The van der Waals surface area contributed by atoms with Gasteiger partial charge in [0.05, 0.1) is 6.04 Å². The van der Waals surface area contributed by atoms with Gasteiger partial charge >= 0.3 is 0 Å². The Bertz CT molecular complexity index is 838. The topological polar surface area (TPSA) is 58.3 Å². The zero-order valence-electron chi connectivity index (χ0n) is 15.2. The summed E-state index contributed by atoms with van der Waals surface area (Å²) >= 11 is 0. The van der Waals surface area contributed by atoms with E-state index in [9.17, 15) is 0 Å². The Kier molecular flexibility index (Phi) is 4.67. The van der Waals surface area contributed by atoms with Gasteiger partial charge in [0.15, 0.2) is 0 Å². The van der Waals surface area contributed by atoms with Crippen LogP contribution in [-0.4, -0.2) is 46.3 Å². The van der Waals surface area contributed by atoms with Crippen LogP contribution < -0.4 is 4.90 Å². The molecule has 0 amide bonds. The zero-order chi connectivity index (χ0) is 17.9. The Labute approximate surface area is 153 Å². The molecule has 0 radical (unpaired) electrons. The molecule has 1 aromatic carbocycles. The average molecular weight is 349 g/mol. The maximum atomic E-state index is 5.95. The number of aryl methyl sites for hydroxylation is 1. The van der Waals surface area contributed by atoms with Crippen LogP contribution in [0.5, 0.6) is 0 Å². The number of nitrogens with zero attached hydrogens (tertiary/aromatic N) is 5. The van der Waals surface area contributed by atoms with E-state index < -0.39 is 0 Å². The van der Waals surface area contributed by atoms with Gasteiger partial charge < -0.3 is 9.32 Å². The second kappa shape index (κ2) is 7.25. The van der Waals surface area contributed by atoms with Crippen molar-refractivity contribution in [2.24, 2.45) is 0 Å². The van der Waals surface area contributed by atoms with Crippen molar-refractivity contribution in [1.29, 1.82) is 0 Å². The molecule has 0 saturated carbocycles. The lowest BCUT2D eigenvalue weighted by Gasteiger charge is -2.37. The molecule has 1 aliphatic rings. The highest BCUT2D eigenvalue weighted by Crippen LogP contribution is 2.25. The van der Waals surface area contributed by atoms with E-state index in [1.54, 1.807) is 0 Å². The van der Waals surface area contributed by atoms with Crippen LogP contribution in [-0.2, 0) is 0 Å². The molecule has 6 heteroatoms. The molecule has 1 atom stereocenters. The minimum Gasteiger partial charge on any atom is -0.419 e. The number of pyridine rings is 1. The minimum absolute atomic E-state index is 0.104. The fraction of sp³-hybridized carbons (Fsp3) is 0.350. The molecule has 0 aliphatic carbocycles. The van der Waals surface area contributed by atoms with Gasteiger partial charge in [-0.2, -0.15) is 0 Å². The number of rotatable bonds is 4. The lowest BCUT2D eigenvalue weighted by Crippen LogP contribution is -2.47. The molecule has 6 nitrogen and oxygen atoms in total. The molecular weight excluding hydrogens is 326 g/mol. The summed E-state index contributed by atoms with van der Waals surface area (Å²) < 4.78 is 5.95. The maximum Gasteiger partial charge on any atom is 0.247 e. The second-order valence-electron chi connectivity index (χ2n) is 6.70. The fourth-order valence-electron chi connectivity index (χ4n) is 3.25. The number of piperazine rings is 1. The summed E-state index contributed by atoms with van der Waals surface area (Å²) in [6, 6.07) is 14.3. The first-order valence-corrected chi connectivity index (χ1v) is 9.01. The lowest BCUT2D eigenvalue weighted by molar-refractivity contribution is 0.173. The van der Waals surface area contributed by atoms with Gasteiger partial charge in [0.2, 0.25) is 11.8 Å². The number of aromatic nitrogens is 3. The summed E-state index contributed by atoms with van der Waals surface area (Å²) in [5, 5.41) is 8.51. The van der Waals surface area contributed by atoms with Crippen LogP contribution in [0.2, 0.25) is 0 Å². The summed E-state index contributed by atoms with van der Waals surface area (Å²) in [7, 11) is 0. The number of anilines is 1. The Morgan fingerprint density at radius 1 is 0.962 bits per heavy atom. The van der Waals surface area contributed by atoms with Crippen molar-refractivity contribution in [3.8, 4) is 11.5 Å². The monoisotopic (exact) mass is 349 g/mol. The third kappa shape index (κ3) is 3.46. The van der Waals surface area contributed by atoms with E-state index in [0.29, 0.717) is 11.8 Å². The normalized spacial score (nSPS) is 16.6. The van der Waals surface area contributed by atoms with Gasteiger partial charge in [0, 0.05) is 37.9 Å². The van der Waals surface area contributed by atoms with Crippen LogP contribution in [0.1, 0.15) is 24.4 Å². The summed E-state index contributed by atoms with van der Waals surface area (Å²) in [5.74, 6) is 2.30. The molecule has 134 valence electrons. The first-order valence-electron chi connectivity index (χ1n) is 9.01. The Morgan fingerprint density at radius 3 is 2.42 bits per heavy atom. The van der Waals surface area contributed by atoms with Crippen molar-refractivity contribution in [2.75, 3.05) is 31.1 Å². The number of hydrogen-bond acceptors (Lipinski definition) is 6. The summed E-state index contributed by atoms with van der Waals surface area (Å²) in [4.78, 5) is 9.14. The first-order chi connectivity index (χ1) is 12.7. The van der Waals surface area contributed by atoms with Crippen molar-refractivity contribution in [3.63, 3.8) is 0 Å². The molecule has 1 saturated heterocycles. The molecule has 1 aliphatic heterocycles. The Hall–Kier alpha value is -2.73. The van der Waals surface area contributed by atoms with Crippen LogP contribution in [0.3, 0.4) is 0 Å². The zero-order valence-corrected chi connectivity index (χ0v) is 15.2. The predicted octanol–water partition coefficient (Wildman–Crippen LogP) is 3.32. The molecule has 0 bridgehead atoms. The third-order valence-electron chi connectivity index (χ3n) is 4.93. The van der Waals surface area contributed by atoms with Crippen molar-refractivity contribution < 1.29 is 4.42 Å². The molecular formula is C20H23N5O. The van der Waals surface area contributed by atoms with Gasteiger partial charge in [0.1, 0.15) is 5.82 Å². The largest absolute Gasteiger partial charge is 0.419 e. The number of hydrogen-bond donors (Lipinski definition) is 0. The first kappa shape index (κ1) is 16.7. The highest BCUT2D eigenvalue weighted by molar-refractivity contribution is 5.52. The van der Waals surface area contributed by atoms with Gasteiger partial charge in [0.25, 0.3) is 0 Å². The van der Waals surface area contributed by atoms with Crippen LogP contribution in [0.4, 0.5) is 5.82 Å². The van der Waals surface area contributed by atoms with E-state index in [1.165, 1.54) is 5.56 Å². The fourth-order valence-corrected chi connectivity index (χ4v) is 3.25. The molecule has 1 unspecified atom stereocenters. The lowest BCUT2D eigenvalue weighted by atomic mass is 10.1. The molecule has 3 aromatic rings. The molecule has 2 aromatic heterocycles. The number of benzene rings is 1. The third-order valence-corrected chi connectivity index (χ3v) is 4.93. The summed E-state index contributed by atoms with van der Waals surface area (Å²) in [6.07, 6.45) is 1.84. The van der Waals surface area contributed by atoms with Crippen molar-refractivity contribution in [3.05, 3.63) is 60.1 Å². The highest BCUT2D eigenvalue weighted by Gasteiger charge is 2.26. The van der Waals surface area contributed by atoms with Crippen LogP contribution in [0.25, 0.3) is 11.5 Å². The van der Waals surface area contributed by atoms with Gasteiger partial charge in [-0.05, 0) is 38.1 Å². The van der Waals surface area contributed by atoms with E-state index in [4.69, 9.17) is 4.42 Å². The van der Waals surface area contributed by atoms with E-state index in [-0.39, 0.29) is 6.04 Å². The van der Waals surface area contributed by atoms with Crippen molar-refractivity contribution in [2.45, 2.75) is 19.9 Å². The molecule has 3 heterocycles. The van der Waals surface area contributed by atoms with E-state index >= 15 is 0 Å². The Balaban J connectivity index is 1.41. The van der Waals surface area contributed by atoms with Gasteiger partial charge in [-0.1, -0.05) is 23.8 Å². The Morgan fingerprint density at radius 2 is 1.73 bits per heavy atom. The van der Waals surface area contributed by atoms with Gasteiger partial charge in [-0.3, -0.25) is 4.90 Å². The van der Waals surface area contributed by atoms with Crippen LogP contribution in [0.15, 0.2) is 53.1 Å².